The average molecular weight is 361 g/mol. The number of benzene rings is 3. The van der Waals surface area contributed by atoms with Crippen molar-refractivity contribution in [1.82, 2.24) is 5.01 Å². The molecule has 2 aliphatic rings. The van der Waals surface area contributed by atoms with Crippen molar-refractivity contribution in [3.8, 4) is 5.75 Å². The molecule has 2 atom stereocenters. The van der Waals surface area contributed by atoms with Gasteiger partial charge in [0, 0.05) is 22.6 Å². The second kappa shape index (κ2) is 6.19. The third kappa shape index (κ3) is 2.56. The van der Waals surface area contributed by atoms with Gasteiger partial charge in [-0.1, -0.05) is 72.3 Å². The minimum Gasteiger partial charge on any atom is -0.464 e. The Labute approximate surface area is 157 Å². The maximum Gasteiger partial charge on any atom is 0.213 e. The molecule has 26 heavy (non-hydrogen) atoms. The van der Waals surface area contributed by atoms with Crippen molar-refractivity contribution >= 4 is 17.3 Å². The van der Waals surface area contributed by atoms with Gasteiger partial charge in [0.05, 0.1) is 11.8 Å². The van der Waals surface area contributed by atoms with E-state index in [1.807, 2.05) is 54.6 Å². The van der Waals surface area contributed by atoms with Gasteiger partial charge in [-0.3, -0.25) is 0 Å². The van der Waals surface area contributed by atoms with E-state index >= 15 is 0 Å². The highest BCUT2D eigenvalue weighted by molar-refractivity contribution is 6.30. The van der Waals surface area contributed by atoms with E-state index in [2.05, 4.69) is 29.3 Å². The Hall–Kier alpha value is -2.78. The predicted molar refractivity (Wildman–Crippen MR) is 103 cm³/mol. The van der Waals surface area contributed by atoms with Crippen molar-refractivity contribution in [2.75, 3.05) is 0 Å². The molecule has 4 heteroatoms. The van der Waals surface area contributed by atoms with E-state index in [-0.39, 0.29) is 12.3 Å². The van der Waals surface area contributed by atoms with Crippen LogP contribution in [0.5, 0.6) is 5.75 Å². The van der Waals surface area contributed by atoms with Crippen molar-refractivity contribution in [2.45, 2.75) is 18.7 Å². The maximum absolute atomic E-state index is 6.33. The third-order valence-electron chi connectivity index (χ3n) is 4.94. The molecule has 0 amide bonds. The van der Waals surface area contributed by atoms with E-state index in [1.165, 1.54) is 5.56 Å². The second-order valence-corrected chi connectivity index (χ2v) is 7.01. The summed E-state index contributed by atoms with van der Waals surface area (Å²) in [6, 6.07) is 26.6. The van der Waals surface area contributed by atoms with E-state index in [0.29, 0.717) is 5.02 Å². The average Bonchev–Trinajstić information content (AvgIpc) is 3.14. The topological polar surface area (TPSA) is 24.8 Å². The lowest BCUT2D eigenvalue weighted by Crippen LogP contribution is -2.33. The van der Waals surface area contributed by atoms with Gasteiger partial charge in [-0.25, -0.2) is 5.01 Å². The van der Waals surface area contributed by atoms with Crippen molar-refractivity contribution < 1.29 is 4.74 Å². The zero-order valence-corrected chi connectivity index (χ0v) is 14.8. The lowest BCUT2D eigenvalue weighted by molar-refractivity contribution is -0.0190. The van der Waals surface area contributed by atoms with Gasteiger partial charge in [0.2, 0.25) is 6.23 Å². The number of ether oxygens (including phenoxy) is 1. The minimum atomic E-state index is -0.283. The molecule has 0 aliphatic carbocycles. The zero-order valence-electron chi connectivity index (χ0n) is 14.0. The molecule has 5 rings (SSSR count). The molecule has 0 aromatic heterocycles. The van der Waals surface area contributed by atoms with Crippen molar-refractivity contribution in [2.24, 2.45) is 5.10 Å². The molecule has 0 N–H and O–H groups in total. The first-order valence-corrected chi connectivity index (χ1v) is 9.10. The maximum atomic E-state index is 6.33. The van der Waals surface area contributed by atoms with Crippen molar-refractivity contribution in [1.29, 1.82) is 0 Å². The van der Waals surface area contributed by atoms with Crippen molar-refractivity contribution in [3.05, 3.63) is 101 Å². The Morgan fingerprint density at radius 3 is 2.58 bits per heavy atom. The molecule has 0 fully saturated rings. The zero-order chi connectivity index (χ0) is 17.5. The van der Waals surface area contributed by atoms with Gasteiger partial charge in [0.1, 0.15) is 5.75 Å². The summed E-state index contributed by atoms with van der Waals surface area (Å²) in [7, 11) is 0. The van der Waals surface area contributed by atoms with Crippen LogP contribution < -0.4 is 4.74 Å². The molecule has 128 valence electrons. The molecular weight excluding hydrogens is 344 g/mol. The summed E-state index contributed by atoms with van der Waals surface area (Å²) >= 11 is 6.22. The molecule has 0 saturated heterocycles. The molecule has 0 bridgehead atoms. The molecule has 0 radical (unpaired) electrons. The van der Waals surface area contributed by atoms with Crippen LogP contribution in [0.1, 0.15) is 35.4 Å². The molecule has 0 spiro atoms. The summed E-state index contributed by atoms with van der Waals surface area (Å²) < 4.78 is 6.33. The fraction of sp³-hybridized carbons (Fsp3) is 0.136. The van der Waals surface area contributed by atoms with Crippen LogP contribution >= 0.6 is 11.6 Å². The Morgan fingerprint density at radius 1 is 0.923 bits per heavy atom. The van der Waals surface area contributed by atoms with Gasteiger partial charge in [-0.05, 0) is 23.8 Å². The lowest BCUT2D eigenvalue weighted by atomic mass is 9.96. The molecule has 0 saturated carbocycles. The predicted octanol–water partition coefficient (Wildman–Crippen LogP) is 5.58. The fourth-order valence-corrected chi connectivity index (χ4v) is 3.92. The number of fused-ring (bicyclic) bond motifs is 3. The quantitative estimate of drug-likeness (QED) is 0.595. The van der Waals surface area contributed by atoms with E-state index < -0.39 is 0 Å². The molecule has 0 unspecified atom stereocenters. The number of rotatable bonds is 2. The van der Waals surface area contributed by atoms with Crippen LogP contribution in [-0.4, -0.2) is 10.7 Å². The molecule has 3 nitrogen and oxygen atoms in total. The first-order valence-electron chi connectivity index (χ1n) is 8.72. The first-order chi connectivity index (χ1) is 12.8. The standard InChI is InChI=1S/C22H17ClN2O/c23-17-10-6-9-16(13-17)22-25-20(18-11-4-5-12-21(18)26-22)14-19(24-25)15-7-2-1-3-8-15/h1-13,20,22H,14H2/t20-,22-/m0/s1. The highest BCUT2D eigenvalue weighted by Gasteiger charge is 2.40. The largest absolute Gasteiger partial charge is 0.464 e. The van der Waals surface area contributed by atoms with Gasteiger partial charge in [-0.15, -0.1) is 0 Å². The summed E-state index contributed by atoms with van der Waals surface area (Å²) in [5.74, 6) is 0.920. The molecule has 2 aliphatic heterocycles. The first kappa shape index (κ1) is 15.5. The highest BCUT2D eigenvalue weighted by atomic mass is 35.5. The summed E-state index contributed by atoms with van der Waals surface area (Å²) in [6.07, 6.45) is 0.580. The van der Waals surface area contributed by atoms with Crippen LogP contribution in [-0.2, 0) is 0 Å². The molecule has 3 aromatic rings. The van der Waals surface area contributed by atoms with E-state index in [1.54, 1.807) is 0 Å². The Kier molecular flexibility index (Phi) is 3.68. The van der Waals surface area contributed by atoms with Crippen LogP contribution in [0, 0.1) is 0 Å². The van der Waals surface area contributed by atoms with Gasteiger partial charge in [0.15, 0.2) is 0 Å². The van der Waals surface area contributed by atoms with Crippen LogP contribution in [0.2, 0.25) is 5.02 Å². The van der Waals surface area contributed by atoms with E-state index in [0.717, 1.165) is 29.0 Å². The van der Waals surface area contributed by atoms with Gasteiger partial charge in [-0.2, -0.15) is 5.10 Å². The molecular formula is C22H17ClN2O. The smallest absolute Gasteiger partial charge is 0.213 e. The van der Waals surface area contributed by atoms with Crippen LogP contribution in [0.25, 0.3) is 0 Å². The number of hydrogen-bond donors (Lipinski definition) is 0. The van der Waals surface area contributed by atoms with Crippen LogP contribution in [0.15, 0.2) is 84.0 Å². The van der Waals surface area contributed by atoms with E-state index in [4.69, 9.17) is 21.4 Å². The number of hydrogen-bond acceptors (Lipinski definition) is 3. The summed E-state index contributed by atoms with van der Waals surface area (Å²) in [4.78, 5) is 0. The minimum absolute atomic E-state index is 0.166. The Balaban J connectivity index is 1.61. The van der Waals surface area contributed by atoms with Crippen molar-refractivity contribution in [3.63, 3.8) is 0 Å². The number of hydrazone groups is 1. The normalized spacial score (nSPS) is 20.8. The highest BCUT2D eigenvalue weighted by Crippen LogP contribution is 2.47. The number of para-hydroxylation sites is 1. The third-order valence-corrected chi connectivity index (χ3v) is 5.18. The lowest BCUT2D eigenvalue weighted by Gasteiger charge is -2.38. The molecule has 2 heterocycles. The Morgan fingerprint density at radius 2 is 1.73 bits per heavy atom. The van der Waals surface area contributed by atoms with Crippen LogP contribution in [0.3, 0.4) is 0 Å². The van der Waals surface area contributed by atoms with Gasteiger partial charge >= 0.3 is 0 Å². The number of halogens is 1. The SMILES string of the molecule is Clc1cccc([C@@H]2Oc3ccccc3[C@@H]3CC(c4ccccc4)=NN32)c1. The fourth-order valence-electron chi connectivity index (χ4n) is 3.72. The monoisotopic (exact) mass is 360 g/mol. The van der Waals surface area contributed by atoms with Crippen LogP contribution in [0.4, 0.5) is 0 Å². The van der Waals surface area contributed by atoms with Gasteiger partial charge < -0.3 is 4.74 Å². The number of nitrogens with zero attached hydrogens (tertiary/aromatic N) is 2. The summed E-state index contributed by atoms with van der Waals surface area (Å²) in [5.41, 5.74) is 4.43. The van der Waals surface area contributed by atoms with E-state index in [9.17, 15) is 0 Å². The molecule has 3 aromatic carbocycles. The van der Waals surface area contributed by atoms with Gasteiger partial charge in [0.25, 0.3) is 0 Å². The second-order valence-electron chi connectivity index (χ2n) is 6.58. The summed E-state index contributed by atoms with van der Waals surface area (Å²) in [5, 5.41) is 7.73. The Bertz CT molecular complexity index is 986. The summed E-state index contributed by atoms with van der Waals surface area (Å²) in [6.45, 7) is 0.